The summed E-state index contributed by atoms with van der Waals surface area (Å²) in [5, 5.41) is 4.22. The number of hydrogen-bond donors (Lipinski definition) is 1. The summed E-state index contributed by atoms with van der Waals surface area (Å²) in [5.74, 6) is 0.563. The average Bonchev–Trinajstić information content (AvgIpc) is 3.02. The van der Waals surface area contributed by atoms with Gasteiger partial charge in [0, 0.05) is 36.1 Å². The van der Waals surface area contributed by atoms with Crippen LogP contribution in [0.3, 0.4) is 0 Å². The molecule has 0 spiro atoms. The molecule has 0 saturated carbocycles. The quantitative estimate of drug-likeness (QED) is 0.795. The summed E-state index contributed by atoms with van der Waals surface area (Å²) in [6, 6.07) is 17.0. The number of rotatable bonds is 1. The fourth-order valence-corrected chi connectivity index (χ4v) is 3.89. The van der Waals surface area contributed by atoms with Gasteiger partial charge in [-0.25, -0.2) is 0 Å². The van der Waals surface area contributed by atoms with Gasteiger partial charge in [0.25, 0.3) is 0 Å². The summed E-state index contributed by atoms with van der Waals surface area (Å²) >= 11 is 6.02. The molecule has 4 rings (SSSR count). The second-order valence-corrected chi connectivity index (χ2v) is 8.19. The molecule has 0 amide bonds. The molecule has 134 valence electrons. The lowest BCUT2D eigenvalue weighted by Crippen LogP contribution is -2.55. The first-order valence-corrected chi connectivity index (χ1v) is 9.60. The van der Waals surface area contributed by atoms with E-state index in [0.717, 1.165) is 24.5 Å². The van der Waals surface area contributed by atoms with E-state index < -0.39 is 0 Å². The van der Waals surface area contributed by atoms with Crippen molar-refractivity contribution in [1.82, 2.24) is 10.2 Å². The van der Waals surface area contributed by atoms with Gasteiger partial charge in [-0.05, 0) is 62.6 Å². The highest BCUT2D eigenvalue weighted by Crippen LogP contribution is 2.38. The Morgan fingerprint density at radius 3 is 2.52 bits per heavy atom. The molecular formula is C22H29ClN2. The van der Waals surface area contributed by atoms with E-state index in [-0.39, 0.29) is 0 Å². The number of likely N-dealkylation sites (N-methyl/N-ethyl adjacent to an activating group) is 1. The Hall–Kier alpha value is -1.35. The summed E-state index contributed by atoms with van der Waals surface area (Å²) in [6.45, 7) is 7.95. The Bertz CT molecular complexity index is 696. The van der Waals surface area contributed by atoms with Crippen molar-refractivity contribution in [2.24, 2.45) is 0 Å². The van der Waals surface area contributed by atoms with Crippen LogP contribution in [0.1, 0.15) is 42.9 Å². The predicted octanol–water partition coefficient (Wildman–Crippen LogP) is 4.72. The Labute approximate surface area is 157 Å². The maximum Gasteiger partial charge on any atom is 0.0408 e. The Balaban J connectivity index is 0.000000173. The second kappa shape index (κ2) is 7.90. The average molecular weight is 357 g/mol. The molecule has 2 aromatic carbocycles. The SMILES string of the molecule is CN1CCNCC1(C)C.Clc1ccc2c(c1)CCC2c1ccccc1. The summed E-state index contributed by atoms with van der Waals surface area (Å²) in [6.07, 6.45) is 2.36. The highest BCUT2D eigenvalue weighted by atomic mass is 35.5. The van der Waals surface area contributed by atoms with Gasteiger partial charge in [0.15, 0.2) is 0 Å². The van der Waals surface area contributed by atoms with Crippen molar-refractivity contribution < 1.29 is 0 Å². The van der Waals surface area contributed by atoms with Crippen molar-refractivity contribution in [2.45, 2.75) is 38.1 Å². The first kappa shape index (κ1) is 18.4. The van der Waals surface area contributed by atoms with Crippen molar-refractivity contribution >= 4 is 11.6 Å². The largest absolute Gasteiger partial charge is 0.314 e. The third-order valence-corrected chi connectivity index (χ3v) is 5.83. The first-order chi connectivity index (χ1) is 12.0. The van der Waals surface area contributed by atoms with E-state index in [2.05, 4.69) is 73.6 Å². The number of aryl methyl sites for hydroxylation is 1. The number of halogens is 1. The molecule has 0 radical (unpaired) electrons. The predicted molar refractivity (Wildman–Crippen MR) is 108 cm³/mol. The smallest absolute Gasteiger partial charge is 0.0408 e. The van der Waals surface area contributed by atoms with Gasteiger partial charge in [0.05, 0.1) is 0 Å². The van der Waals surface area contributed by atoms with Gasteiger partial charge in [-0.3, -0.25) is 4.90 Å². The van der Waals surface area contributed by atoms with Crippen LogP contribution in [0.2, 0.25) is 5.02 Å². The molecule has 1 saturated heterocycles. The standard InChI is InChI=1S/C15H13Cl.C7H16N2/c16-13-7-9-15-12(10-13)6-8-14(15)11-4-2-1-3-5-11;1-7(2)6-8-4-5-9(7)3/h1-5,7,9-10,14H,6,8H2;8H,4-6H2,1-3H3. The van der Waals surface area contributed by atoms with Crippen molar-refractivity contribution in [3.05, 3.63) is 70.2 Å². The van der Waals surface area contributed by atoms with Crippen LogP contribution in [0.4, 0.5) is 0 Å². The molecule has 0 aromatic heterocycles. The highest BCUT2D eigenvalue weighted by molar-refractivity contribution is 6.30. The molecule has 3 heteroatoms. The molecule has 1 unspecified atom stereocenters. The van der Waals surface area contributed by atoms with Crippen LogP contribution in [0.15, 0.2) is 48.5 Å². The van der Waals surface area contributed by atoms with Gasteiger partial charge >= 0.3 is 0 Å². The third-order valence-electron chi connectivity index (χ3n) is 5.60. The number of nitrogens with zero attached hydrogens (tertiary/aromatic N) is 1. The van der Waals surface area contributed by atoms with E-state index in [1.54, 1.807) is 0 Å². The molecular weight excluding hydrogens is 328 g/mol. The van der Waals surface area contributed by atoms with E-state index in [1.165, 1.54) is 29.7 Å². The Kier molecular flexibility index (Phi) is 5.83. The lowest BCUT2D eigenvalue weighted by atomic mass is 9.93. The van der Waals surface area contributed by atoms with Crippen LogP contribution in [-0.2, 0) is 6.42 Å². The summed E-state index contributed by atoms with van der Waals surface area (Å²) in [4.78, 5) is 2.39. The van der Waals surface area contributed by atoms with Crippen molar-refractivity contribution in [3.63, 3.8) is 0 Å². The topological polar surface area (TPSA) is 15.3 Å². The molecule has 1 fully saturated rings. The normalized spacial score (nSPS) is 22.0. The molecule has 1 aliphatic carbocycles. The molecule has 2 aromatic rings. The number of nitrogens with one attached hydrogen (secondary N) is 1. The molecule has 1 N–H and O–H groups in total. The van der Waals surface area contributed by atoms with E-state index in [9.17, 15) is 0 Å². The minimum absolute atomic E-state index is 0.359. The maximum atomic E-state index is 6.02. The number of benzene rings is 2. The number of piperazine rings is 1. The van der Waals surface area contributed by atoms with Crippen molar-refractivity contribution in [2.75, 3.05) is 26.7 Å². The molecule has 0 bridgehead atoms. The summed E-state index contributed by atoms with van der Waals surface area (Å²) < 4.78 is 0. The lowest BCUT2D eigenvalue weighted by Gasteiger charge is -2.40. The summed E-state index contributed by atoms with van der Waals surface area (Å²) in [7, 11) is 2.18. The fourth-order valence-electron chi connectivity index (χ4n) is 3.70. The summed E-state index contributed by atoms with van der Waals surface area (Å²) in [5.41, 5.74) is 4.65. The van der Waals surface area contributed by atoms with E-state index in [1.807, 2.05) is 6.07 Å². The zero-order chi connectivity index (χ0) is 17.9. The van der Waals surface area contributed by atoms with Crippen LogP contribution < -0.4 is 5.32 Å². The van der Waals surface area contributed by atoms with Gasteiger partial charge < -0.3 is 5.32 Å². The van der Waals surface area contributed by atoms with Gasteiger partial charge in [-0.2, -0.15) is 0 Å². The minimum Gasteiger partial charge on any atom is -0.314 e. The highest BCUT2D eigenvalue weighted by Gasteiger charge is 2.25. The van der Waals surface area contributed by atoms with Crippen LogP contribution in [0.5, 0.6) is 0 Å². The molecule has 1 aliphatic heterocycles. The van der Waals surface area contributed by atoms with Crippen LogP contribution in [0, 0.1) is 0 Å². The first-order valence-electron chi connectivity index (χ1n) is 9.22. The molecule has 2 aliphatic rings. The van der Waals surface area contributed by atoms with Crippen LogP contribution in [-0.4, -0.2) is 37.1 Å². The maximum absolute atomic E-state index is 6.02. The fraction of sp³-hybridized carbons (Fsp3) is 0.455. The Morgan fingerprint density at radius 2 is 1.88 bits per heavy atom. The zero-order valence-corrected chi connectivity index (χ0v) is 16.3. The van der Waals surface area contributed by atoms with Gasteiger partial charge in [-0.1, -0.05) is 48.0 Å². The molecule has 25 heavy (non-hydrogen) atoms. The number of fused-ring (bicyclic) bond motifs is 1. The molecule has 2 nitrogen and oxygen atoms in total. The lowest BCUT2D eigenvalue weighted by molar-refractivity contribution is 0.123. The van der Waals surface area contributed by atoms with Crippen LogP contribution >= 0.6 is 11.6 Å². The Morgan fingerprint density at radius 1 is 1.12 bits per heavy atom. The third kappa shape index (κ3) is 4.44. The zero-order valence-electron chi connectivity index (χ0n) is 15.6. The molecule has 1 atom stereocenters. The molecule has 1 heterocycles. The second-order valence-electron chi connectivity index (χ2n) is 7.76. The van der Waals surface area contributed by atoms with Gasteiger partial charge in [0.1, 0.15) is 0 Å². The van der Waals surface area contributed by atoms with E-state index in [4.69, 9.17) is 11.6 Å². The van der Waals surface area contributed by atoms with E-state index >= 15 is 0 Å². The monoisotopic (exact) mass is 356 g/mol. The van der Waals surface area contributed by atoms with Crippen molar-refractivity contribution in [3.8, 4) is 0 Å². The van der Waals surface area contributed by atoms with Gasteiger partial charge in [0.2, 0.25) is 0 Å². The van der Waals surface area contributed by atoms with Crippen LogP contribution in [0.25, 0.3) is 0 Å². The van der Waals surface area contributed by atoms with E-state index in [0.29, 0.717) is 11.5 Å². The van der Waals surface area contributed by atoms with Gasteiger partial charge in [-0.15, -0.1) is 0 Å². The minimum atomic E-state index is 0.359. The number of hydrogen-bond acceptors (Lipinski definition) is 2. The van der Waals surface area contributed by atoms with Crippen molar-refractivity contribution in [1.29, 1.82) is 0 Å².